The van der Waals surface area contributed by atoms with Crippen molar-refractivity contribution in [1.29, 1.82) is 0 Å². The van der Waals surface area contributed by atoms with E-state index < -0.39 is 0 Å². The number of hydrogen-bond donors (Lipinski definition) is 0. The van der Waals surface area contributed by atoms with Crippen molar-refractivity contribution in [2.24, 2.45) is 23.7 Å². The third kappa shape index (κ3) is 1.94. The molecule has 0 aromatic heterocycles. The first-order valence-electron chi connectivity index (χ1n) is 7.38. The zero-order chi connectivity index (χ0) is 11.0. The van der Waals surface area contributed by atoms with Gasteiger partial charge < -0.3 is 0 Å². The first kappa shape index (κ1) is 10.8. The molecule has 0 saturated heterocycles. The Labute approximate surface area is 99.0 Å². The minimum Gasteiger partial charge on any atom is -0.299 e. The lowest BCUT2D eigenvalue weighted by Crippen LogP contribution is -2.27. The zero-order valence-electron chi connectivity index (χ0n) is 10.3. The number of Topliss-reactive ketones (excluding diaryl/α,β-unsaturated/α-hetero) is 1. The lowest BCUT2D eigenvalue weighted by Gasteiger charge is -2.24. The molecule has 90 valence electrons. The van der Waals surface area contributed by atoms with Crippen molar-refractivity contribution in [1.82, 2.24) is 0 Å². The van der Waals surface area contributed by atoms with Crippen LogP contribution >= 0.6 is 0 Å². The van der Waals surface area contributed by atoms with Crippen LogP contribution in [-0.4, -0.2) is 5.78 Å². The van der Waals surface area contributed by atoms with Crippen LogP contribution in [0.1, 0.15) is 64.2 Å². The summed E-state index contributed by atoms with van der Waals surface area (Å²) in [6.07, 6.45) is 13.1. The Morgan fingerprint density at radius 2 is 1.56 bits per heavy atom. The van der Waals surface area contributed by atoms with Crippen LogP contribution in [0.25, 0.3) is 0 Å². The van der Waals surface area contributed by atoms with E-state index in [1.165, 1.54) is 64.2 Å². The minimum absolute atomic E-state index is 0.451. The summed E-state index contributed by atoms with van der Waals surface area (Å²) in [4.78, 5) is 12.5. The average Bonchev–Trinajstić information content (AvgIpc) is 2.82. The smallest absolute Gasteiger partial charge is 0.139 e. The minimum atomic E-state index is 0.451. The molecule has 0 radical (unpaired) electrons. The number of carbonyl (C=O) groups excluding carboxylic acids is 1. The molecule has 0 aliphatic heterocycles. The fourth-order valence-electron chi connectivity index (χ4n) is 4.46. The Kier molecular flexibility index (Phi) is 3.04. The van der Waals surface area contributed by atoms with Gasteiger partial charge in [-0.15, -0.1) is 0 Å². The summed E-state index contributed by atoms with van der Waals surface area (Å²) < 4.78 is 0. The molecule has 3 unspecified atom stereocenters. The largest absolute Gasteiger partial charge is 0.299 e. The Bertz CT molecular complexity index is 263. The van der Waals surface area contributed by atoms with Gasteiger partial charge in [-0.25, -0.2) is 0 Å². The molecule has 0 aromatic rings. The molecule has 0 aromatic carbocycles. The van der Waals surface area contributed by atoms with Gasteiger partial charge in [0.2, 0.25) is 0 Å². The summed E-state index contributed by atoms with van der Waals surface area (Å²) in [5.41, 5.74) is 0. The molecule has 0 N–H and O–H groups in total. The van der Waals surface area contributed by atoms with Crippen LogP contribution in [0.4, 0.5) is 0 Å². The van der Waals surface area contributed by atoms with E-state index in [4.69, 9.17) is 0 Å². The summed E-state index contributed by atoms with van der Waals surface area (Å²) in [6, 6.07) is 0. The maximum absolute atomic E-state index is 12.5. The third-order valence-corrected chi connectivity index (χ3v) is 5.36. The second-order valence-corrected chi connectivity index (χ2v) is 6.37. The molecule has 1 nitrogen and oxygen atoms in total. The van der Waals surface area contributed by atoms with Crippen LogP contribution in [-0.2, 0) is 4.79 Å². The van der Waals surface area contributed by atoms with Gasteiger partial charge in [0.15, 0.2) is 0 Å². The van der Waals surface area contributed by atoms with E-state index in [9.17, 15) is 4.79 Å². The first-order chi connectivity index (χ1) is 7.84. The maximum atomic E-state index is 12.5. The molecule has 3 aliphatic carbocycles. The normalized spacial score (nSPS) is 39.9. The van der Waals surface area contributed by atoms with E-state index in [0.29, 0.717) is 17.6 Å². The van der Waals surface area contributed by atoms with E-state index in [2.05, 4.69) is 0 Å². The predicted molar refractivity (Wildman–Crippen MR) is 65.1 cm³/mol. The van der Waals surface area contributed by atoms with Gasteiger partial charge in [-0.1, -0.05) is 32.1 Å². The molecule has 16 heavy (non-hydrogen) atoms. The van der Waals surface area contributed by atoms with Crippen LogP contribution < -0.4 is 0 Å². The van der Waals surface area contributed by atoms with Crippen molar-refractivity contribution in [3.8, 4) is 0 Å². The van der Waals surface area contributed by atoms with Gasteiger partial charge in [0.05, 0.1) is 0 Å². The number of ketones is 1. The van der Waals surface area contributed by atoms with Crippen LogP contribution in [0.2, 0.25) is 0 Å². The molecule has 3 fully saturated rings. The second-order valence-electron chi connectivity index (χ2n) is 6.37. The zero-order valence-corrected chi connectivity index (χ0v) is 10.3. The van der Waals surface area contributed by atoms with Gasteiger partial charge in [-0.2, -0.15) is 0 Å². The molecular weight excluding hydrogens is 196 g/mol. The van der Waals surface area contributed by atoms with Crippen molar-refractivity contribution >= 4 is 5.78 Å². The molecule has 3 atom stereocenters. The Balaban J connectivity index is 1.63. The highest BCUT2D eigenvalue weighted by atomic mass is 16.1. The molecule has 2 bridgehead atoms. The van der Waals surface area contributed by atoms with Crippen molar-refractivity contribution in [2.75, 3.05) is 0 Å². The summed E-state index contributed by atoms with van der Waals surface area (Å²) in [5.74, 6) is 3.33. The summed E-state index contributed by atoms with van der Waals surface area (Å²) in [5, 5.41) is 0. The number of rotatable bonds is 2. The Morgan fingerprint density at radius 1 is 0.812 bits per heavy atom. The molecule has 0 heterocycles. The summed E-state index contributed by atoms with van der Waals surface area (Å²) in [6.45, 7) is 0. The van der Waals surface area contributed by atoms with Crippen molar-refractivity contribution in [3.63, 3.8) is 0 Å². The number of carbonyl (C=O) groups is 1. The van der Waals surface area contributed by atoms with Gasteiger partial charge in [-0.3, -0.25) is 4.79 Å². The third-order valence-electron chi connectivity index (χ3n) is 5.36. The van der Waals surface area contributed by atoms with Crippen molar-refractivity contribution in [2.45, 2.75) is 64.2 Å². The van der Waals surface area contributed by atoms with Crippen LogP contribution in [0.15, 0.2) is 0 Å². The number of hydrogen-bond acceptors (Lipinski definition) is 1. The van der Waals surface area contributed by atoms with Gasteiger partial charge in [-0.05, 0) is 43.9 Å². The fourth-order valence-corrected chi connectivity index (χ4v) is 4.46. The van der Waals surface area contributed by atoms with Gasteiger partial charge >= 0.3 is 0 Å². The highest BCUT2D eigenvalue weighted by molar-refractivity contribution is 5.84. The van der Waals surface area contributed by atoms with E-state index in [0.717, 1.165) is 11.8 Å². The van der Waals surface area contributed by atoms with Crippen LogP contribution in [0.5, 0.6) is 0 Å². The number of fused-ring (bicyclic) bond motifs is 2. The highest BCUT2D eigenvalue weighted by Crippen LogP contribution is 2.49. The van der Waals surface area contributed by atoms with Crippen molar-refractivity contribution < 1.29 is 4.79 Å². The lowest BCUT2D eigenvalue weighted by molar-refractivity contribution is -0.128. The Morgan fingerprint density at radius 3 is 2.12 bits per heavy atom. The lowest BCUT2D eigenvalue weighted by atomic mass is 9.79. The van der Waals surface area contributed by atoms with Gasteiger partial charge in [0.25, 0.3) is 0 Å². The molecule has 0 amide bonds. The first-order valence-corrected chi connectivity index (χ1v) is 7.38. The SMILES string of the molecule is O=C(C1CCCCCC1)C1CC2CCC1C2. The molecule has 1 heteroatoms. The van der Waals surface area contributed by atoms with E-state index in [1.807, 2.05) is 0 Å². The molecule has 3 saturated carbocycles. The predicted octanol–water partition coefficient (Wildman–Crippen LogP) is 3.96. The van der Waals surface area contributed by atoms with E-state index >= 15 is 0 Å². The van der Waals surface area contributed by atoms with Gasteiger partial charge in [0.1, 0.15) is 5.78 Å². The molecule has 3 rings (SSSR count). The summed E-state index contributed by atoms with van der Waals surface area (Å²) in [7, 11) is 0. The van der Waals surface area contributed by atoms with Crippen molar-refractivity contribution in [3.05, 3.63) is 0 Å². The van der Waals surface area contributed by atoms with Crippen LogP contribution in [0.3, 0.4) is 0 Å². The standard InChI is InChI=1S/C15H24O/c16-15(12-5-3-1-2-4-6-12)14-10-11-7-8-13(14)9-11/h11-14H,1-10H2. The van der Waals surface area contributed by atoms with E-state index in [-0.39, 0.29) is 0 Å². The van der Waals surface area contributed by atoms with Gasteiger partial charge in [0, 0.05) is 11.8 Å². The monoisotopic (exact) mass is 220 g/mol. The fraction of sp³-hybridized carbons (Fsp3) is 0.933. The summed E-state index contributed by atoms with van der Waals surface area (Å²) >= 11 is 0. The quantitative estimate of drug-likeness (QED) is 0.644. The van der Waals surface area contributed by atoms with E-state index in [1.54, 1.807) is 0 Å². The molecular formula is C15H24O. The highest BCUT2D eigenvalue weighted by Gasteiger charge is 2.44. The molecule has 0 spiro atoms. The maximum Gasteiger partial charge on any atom is 0.139 e. The topological polar surface area (TPSA) is 17.1 Å². The van der Waals surface area contributed by atoms with Crippen LogP contribution in [0, 0.1) is 23.7 Å². The second kappa shape index (κ2) is 4.50. The molecule has 3 aliphatic rings. The average molecular weight is 220 g/mol. The Hall–Kier alpha value is -0.330.